The number of nitrogens with one attached hydrogen (secondary N) is 2. The summed E-state index contributed by atoms with van der Waals surface area (Å²) >= 11 is 0. The fraction of sp³-hybridized carbons (Fsp3) is 0.333. The summed E-state index contributed by atoms with van der Waals surface area (Å²) in [5.41, 5.74) is 0. The van der Waals surface area contributed by atoms with E-state index in [-0.39, 0.29) is 6.04 Å². The third-order valence-electron chi connectivity index (χ3n) is 2.10. The zero-order chi connectivity index (χ0) is 9.80. The van der Waals surface area contributed by atoms with Crippen LogP contribution in [0.1, 0.15) is 17.6 Å². The van der Waals surface area contributed by atoms with Gasteiger partial charge in [-0.25, -0.2) is 4.98 Å². The average Bonchev–Trinajstić information content (AvgIpc) is 2.86. The minimum absolute atomic E-state index is 0.114. The average molecular weight is 192 g/mol. The minimum atomic E-state index is 0.114. The molecule has 0 saturated heterocycles. The van der Waals surface area contributed by atoms with E-state index in [0.29, 0.717) is 0 Å². The topological polar surface area (TPSA) is 66.7 Å². The number of aromatic nitrogens is 3. The Morgan fingerprint density at radius 3 is 3.14 bits per heavy atom. The number of H-pyrrole nitrogens is 1. The molecule has 2 N–H and O–H groups in total. The van der Waals surface area contributed by atoms with Crippen LogP contribution in [-0.4, -0.2) is 22.2 Å². The highest BCUT2D eigenvalue weighted by atomic mass is 16.3. The van der Waals surface area contributed by atoms with Gasteiger partial charge in [-0.2, -0.15) is 5.10 Å². The van der Waals surface area contributed by atoms with Gasteiger partial charge >= 0.3 is 0 Å². The van der Waals surface area contributed by atoms with Crippen LogP contribution in [0.2, 0.25) is 0 Å². The zero-order valence-corrected chi connectivity index (χ0v) is 7.90. The molecule has 2 aromatic rings. The molecule has 0 aliphatic carbocycles. The molecule has 2 rings (SSSR count). The molecular formula is C9H12N4O. The Morgan fingerprint density at radius 2 is 2.57 bits per heavy atom. The SMILES string of the molecule is CNC(Cc1ccco1)c1ncn[nH]1. The van der Waals surface area contributed by atoms with Gasteiger partial charge in [0.25, 0.3) is 0 Å². The first-order valence-electron chi connectivity index (χ1n) is 4.45. The number of furan rings is 1. The summed E-state index contributed by atoms with van der Waals surface area (Å²) < 4.78 is 5.26. The van der Waals surface area contributed by atoms with Crippen molar-refractivity contribution in [3.63, 3.8) is 0 Å². The highest BCUT2D eigenvalue weighted by molar-refractivity contribution is 5.04. The van der Waals surface area contributed by atoms with Crippen LogP contribution in [0.3, 0.4) is 0 Å². The summed E-state index contributed by atoms with van der Waals surface area (Å²) in [6.07, 6.45) is 3.93. The number of hydrogen-bond donors (Lipinski definition) is 2. The van der Waals surface area contributed by atoms with Gasteiger partial charge in [0.05, 0.1) is 12.3 Å². The van der Waals surface area contributed by atoms with Gasteiger partial charge in [0.1, 0.15) is 17.9 Å². The Kier molecular flexibility index (Phi) is 2.60. The largest absolute Gasteiger partial charge is 0.469 e. The molecule has 1 unspecified atom stereocenters. The van der Waals surface area contributed by atoms with Crippen molar-refractivity contribution in [1.82, 2.24) is 20.5 Å². The van der Waals surface area contributed by atoms with Crippen LogP contribution in [0.15, 0.2) is 29.1 Å². The molecule has 74 valence electrons. The lowest BCUT2D eigenvalue weighted by Gasteiger charge is -2.10. The number of likely N-dealkylation sites (N-methyl/N-ethyl adjacent to an activating group) is 1. The Hall–Kier alpha value is -1.62. The van der Waals surface area contributed by atoms with Gasteiger partial charge in [-0.15, -0.1) is 0 Å². The maximum atomic E-state index is 5.26. The summed E-state index contributed by atoms with van der Waals surface area (Å²) in [5, 5.41) is 9.80. The second-order valence-corrected chi connectivity index (χ2v) is 3.00. The van der Waals surface area contributed by atoms with Crippen LogP contribution >= 0.6 is 0 Å². The molecule has 0 spiro atoms. The highest BCUT2D eigenvalue weighted by Crippen LogP contribution is 2.13. The van der Waals surface area contributed by atoms with Gasteiger partial charge in [0.2, 0.25) is 0 Å². The van der Waals surface area contributed by atoms with E-state index in [1.54, 1.807) is 6.26 Å². The van der Waals surface area contributed by atoms with Crippen molar-refractivity contribution in [2.24, 2.45) is 0 Å². The predicted octanol–water partition coefficient (Wildman–Crippen LogP) is 0.901. The lowest BCUT2D eigenvalue weighted by atomic mass is 10.1. The molecule has 0 amide bonds. The van der Waals surface area contributed by atoms with Crippen molar-refractivity contribution in [2.45, 2.75) is 12.5 Å². The molecule has 0 fully saturated rings. The molecule has 2 heterocycles. The van der Waals surface area contributed by atoms with Gasteiger partial charge < -0.3 is 9.73 Å². The summed E-state index contributed by atoms with van der Waals surface area (Å²) in [7, 11) is 1.89. The molecule has 1 atom stereocenters. The van der Waals surface area contributed by atoms with Gasteiger partial charge in [0, 0.05) is 6.42 Å². The Morgan fingerprint density at radius 1 is 1.64 bits per heavy atom. The molecule has 0 aromatic carbocycles. The van der Waals surface area contributed by atoms with E-state index >= 15 is 0 Å². The molecule has 2 aromatic heterocycles. The van der Waals surface area contributed by atoms with E-state index in [1.807, 2.05) is 19.2 Å². The van der Waals surface area contributed by atoms with Crippen molar-refractivity contribution in [3.05, 3.63) is 36.3 Å². The van der Waals surface area contributed by atoms with Gasteiger partial charge in [-0.3, -0.25) is 5.10 Å². The summed E-state index contributed by atoms with van der Waals surface area (Å²) in [6.45, 7) is 0. The maximum absolute atomic E-state index is 5.26. The van der Waals surface area contributed by atoms with E-state index in [0.717, 1.165) is 18.0 Å². The van der Waals surface area contributed by atoms with Crippen LogP contribution < -0.4 is 5.32 Å². The van der Waals surface area contributed by atoms with E-state index in [2.05, 4.69) is 20.5 Å². The van der Waals surface area contributed by atoms with Crippen LogP contribution in [0.25, 0.3) is 0 Å². The van der Waals surface area contributed by atoms with Crippen molar-refractivity contribution < 1.29 is 4.42 Å². The molecule has 0 aliphatic rings. The molecule has 0 saturated carbocycles. The second kappa shape index (κ2) is 4.06. The molecule has 14 heavy (non-hydrogen) atoms. The third-order valence-corrected chi connectivity index (χ3v) is 2.10. The summed E-state index contributed by atoms with van der Waals surface area (Å²) in [4.78, 5) is 4.10. The first-order chi connectivity index (χ1) is 6.90. The van der Waals surface area contributed by atoms with Crippen LogP contribution in [0.4, 0.5) is 0 Å². The zero-order valence-electron chi connectivity index (χ0n) is 7.90. The Bertz CT molecular complexity index is 354. The maximum Gasteiger partial charge on any atom is 0.141 e. The molecule has 0 aliphatic heterocycles. The first-order valence-corrected chi connectivity index (χ1v) is 4.45. The van der Waals surface area contributed by atoms with E-state index < -0.39 is 0 Å². The molecule has 5 heteroatoms. The first kappa shape index (κ1) is 8.96. The number of aromatic amines is 1. The second-order valence-electron chi connectivity index (χ2n) is 3.00. The fourth-order valence-corrected chi connectivity index (χ4v) is 1.35. The smallest absolute Gasteiger partial charge is 0.141 e. The van der Waals surface area contributed by atoms with E-state index in [4.69, 9.17) is 4.42 Å². The minimum Gasteiger partial charge on any atom is -0.469 e. The van der Waals surface area contributed by atoms with Gasteiger partial charge in [-0.1, -0.05) is 0 Å². The lowest BCUT2D eigenvalue weighted by molar-refractivity contribution is 0.456. The lowest BCUT2D eigenvalue weighted by Crippen LogP contribution is -2.19. The molecular weight excluding hydrogens is 180 g/mol. The number of rotatable bonds is 4. The van der Waals surface area contributed by atoms with E-state index in [9.17, 15) is 0 Å². The quantitative estimate of drug-likeness (QED) is 0.755. The van der Waals surface area contributed by atoms with Crippen molar-refractivity contribution >= 4 is 0 Å². The van der Waals surface area contributed by atoms with Crippen molar-refractivity contribution in [3.8, 4) is 0 Å². The summed E-state index contributed by atoms with van der Waals surface area (Å²) in [5.74, 6) is 1.75. The number of hydrogen-bond acceptors (Lipinski definition) is 4. The normalized spacial score (nSPS) is 12.9. The van der Waals surface area contributed by atoms with Crippen molar-refractivity contribution in [1.29, 1.82) is 0 Å². The molecule has 0 radical (unpaired) electrons. The van der Waals surface area contributed by atoms with E-state index in [1.165, 1.54) is 6.33 Å². The molecule has 0 bridgehead atoms. The van der Waals surface area contributed by atoms with Crippen LogP contribution in [-0.2, 0) is 6.42 Å². The van der Waals surface area contributed by atoms with Crippen molar-refractivity contribution in [2.75, 3.05) is 7.05 Å². The van der Waals surface area contributed by atoms with Crippen LogP contribution in [0.5, 0.6) is 0 Å². The highest BCUT2D eigenvalue weighted by Gasteiger charge is 2.13. The Labute approximate surface area is 81.5 Å². The monoisotopic (exact) mass is 192 g/mol. The number of nitrogens with zero attached hydrogens (tertiary/aromatic N) is 2. The summed E-state index contributed by atoms with van der Waals surface area (Å²) in [6, 6.07) is 3.94. The Balaban J connectivity index is 2.08. The van der Waals surface area contributed by atoms with Gasteiger partial charge in [-0.05, 0) is 19.2 Å². The third kappa shape index (κ3) is 1.82. The predicted molar refractivity (Wildman–Crippen MR) is 50.6 cm³/mol. The molecule has 5 nitrogen and oxygen atoms in total. The van der Waals surface area contributed by atoms with Crippen LogP contribution in [0, 0.1) is 0 Å². The van der Waals surface area contributed by atoms with Gasteiger partial charge in [0.15, 0.2) is 0 Å². The fourth-order valence-electron chi connectivity index (χ4n) is 1.35. The standard InChI is InChI=1S/C9H12N4O/c1-10-8(9-11-6-12-13-9)5-7-3-2-4-14-7/h2-4,6,8,10H,5H2,1H3,(H,11,12,13).